The average molecular weight is 407 g/mol. The van der Waals surface area contributed by atoms with Crippen LogP contribution in [0.3, 0.4) is 0 Å². The number of halogens is 1. The molecule has 4 rings (SSSR count). The highest BCUT2D eigenvalue weighted by Gasteiger charge is 2.20. The highest BCUT2D eigenvalue weighted by Crippen LogP contribution is 2.30. The van der Waals surface area contributed by atoms with Crippen LogP contribution < -0.4 is 5.32 Å². The fraction of sp³-hybridized carbons (Fsp3) is 0.0476. The minimum absolute atomic E-state index is 0.0261. The molecular weight excluding hydrogens is 392 g/mol. The summed E-state index contributed by atoms with van der Waals surface area (Å²) < 4.78 is 1.78. The highest BCUT2D eigenvalue weighted by molar-refractivity contribution is 6.32. The van der Waals surface area contributed by atoms with Gasteiger partial charge in [-0.25, -0.2) is 4.98 Å². The molecule has 0 aliphatic heterocycles. The number of aryl methyl sites for hydroxylation is 1. The van der Waals surface area contributed by atoms with Crippen molar-refractivity contribution in [1.29, 1.82) is 0 Å². The quantitative estimate of drug-likeness (QED) is 0.376. The lowest BCUT2D eigenvalue weighted by atomic mass is 10.1. The number of nitrogens with one attached hydrogen (secondary N) is 1. The van der Waals surface area contributed by atoms with Crippen molar-refractivity contribution in [3.8, 4) is 11.3 Å². The molecule has 2 aromatic carbocycles. The maximum absolute atomic E-state index is 12.9. The van der Waals surface area contributed by atoms with Crippen molar-refractivity contribution in [2.24, 2.45) is 0 Å². The molecule has 7 nitrogen and oxygen atoms in total. The number of carbonyl (C=O) groups is 1. The standard InChI is InChI=1S/C21H15ClN4O3/c1-13-9-10-25-18(11-13)23-19(14-5-3-2-4-6-14)20(25)24-21(27)15-7-8-16(22)17(12-15)26(28)29/h2-12H,1H3,(H,24,27). The Morgan fingerprint density at radius 1 is 1.14 bits per heavy atom. The number of amides is 1. The van der Waals surface area contributed by atoms with Crippen LogP contribution in [0.25, 0.3) is 16.9 Å². The fourth-order valence-corrected chi connectivity index (χ4v) is 3.22. The molecule has 0 aliphatic carbocycles. The van der Waals surface area contributed by atoms with Crippen molar-refractivity contribution in [3.63, 3.8) is 0 Å². The largest absolute Gasteiger partial charge is 0.306 e. The molecule has 0 aliphatic rings. The first-order chi connectivity index (χ1) is 13.9. The Labute approximate surface area is 170 Å². The first-order valence-electron chi connectivity index (χ1n) is 8.73. The van der Waals surface area contributed by atoms with E-state index in [0.29, 0.717) is 17.2 Å². The Morgan fingerprint density at radius 3 is 2.62 bits per heavy atom. The zero-order chi connectivity index (χ0) is 20.5. The SMILES string of the molecule is Cc1ccn2c(NC(=O)c3ccc(Cl)c([N+](=O)[O-])c3)c(-c3ccccc3)nc2c1. The molecule has 2 heterocycles. The molecule has 0 fully saturated rings. The Kier molecular flexibility index (Phi) is 4.74. The van der Waals surface area contributed by atoms with E-state index < -0.39 is 10.8 Å². The number of anilines is 1. The van der Waals surface area contributed by atoms with Crippen molar-refractivity contribution < 1.29 is 9.72 Å². The highest BCUT2D eigenvalue weighted by atomic mass is 35.5. The Balaban J connectivity index is 1.80. The van der Waals surface area contributed by atoms with Crippen LogP contribution >= 0.6 is 11.6 Å². The minimum atomic E-state index is -0.620. The maximum Gasteiger partial charge on any atom is 0.288 e. The summed E-state index contributed by atoms with van der Waals surface area (Å²) in [6.45, 7) is 1.96. The summed E-state index contributed by atoms with van der Waals surface area (Å²) in [7, 11) is 0. The number of imidazole rings is 1. The predicted molar refractivity (Wildman–Crippen MR) is 111 cm³/mol. The van der Waals surface area contributed by atoms with Crippen LogP contribution in [0.1, 0.15) is 15.9 Å². The number of carbonyl (C=O) groups excluding carboxylic acids is 1. The summed E-state index contributed by atoms with van der Waals surface area (Å²) in [5.74, 6) is -0.0156. The second-order valence-electron chi connectivity index (χ2n) is 6.48. The second kappa shape index (κ2) is 7.37. The molecule has 29 heavy (non-hydrogen) atoms. The number of fused-ring (bicyclic) bond motifs is 1. The molecule has 0 unspecified atom stereocenters. The third-order valence-electron chi connectivity index (χ3n) is 4.47. The number of nitro benzene ring substituents is 1. The van der Waals surface area contributed by atoms with E-state index in [1.54, 1.807) is 4.40 Å². The van der Waals surface area contributed by atoms with Gasteiger partial charge in [-0.3, -0.25) is 19.3 Å². The van der Waals surface area contributed by atoms with E-state index in [9.17, 15) is 14.9 Å². The van der Waals surface area contributed by atoms with Crippen molar-refractivity contribution in [3.05, 3.63) is 93.1 Å². The summed E-state index contributed by atoms with van der Waals surface area (Å²) in [6.07, 6.45) is 1.82. The molecule has 4 aromatic rings. The molecule has 0 radical (unpaired) electrons. The first-order valence-corrected chi connectivity index (χ1v) is 9.11. The molecule has 0 saturated carbocycles. The van der Waals surface area contributed by atoms with E-state index in [1.807, 2.05) is 55.6 Å². The number of benzene rings is 2. The van der Waals surface area contributed by atoms with E-state index in [-0.39, 0.29) is 16.3 Å². The third-order valence-corrected chi connectivity index (χ3v) is 4.79. The van der Waals surface area contributed by atoms with Crippen LogP contribution in [0, 0.1) is 17.0 Å². The zero-order valence-corrected chi connectivity index (χ0v) is 16.1. The van der Waals surface area contributed by atoms with Crippen molar-refractivity contribution >= 4 is 34.7 Å². The molecule has 1 N–H and O–H groups in total. The van der Waals surface area contributed by atoms with Gasteiger partial charge in [-0.05, 0) is 36.8 Å². The summed E-state index contributed by atoms with van der Waals surface area (Å²) in [4.78, 5) is 28.1. The fourth-order valence-electron chi connectivity index (χ4n) is 3.04. The van der Waals surface area contributed by atoms with Crippen LogP contribution in [0.2, 0.25) is 5.02 Å². The molecule has 2 aromatic heterocycles. The van der Waals surface area contributed by atoms with Crippen molar-refractivity contribution in [2.75, 3.05) is 5.32 Å². The molecule has 8 heteroatoms. The van der Waals surface area contributed by atoms with Crippen LogP contribution in [-0.2, 0) is 0 Å². The average Bonchev–Trinajstić information content (AvgIpc) is 3.06. The summed E-state index contributed by atoms with van der Waals surface area (Å²) in [5.41, 5.74) is 2.97. The number of rotatable bonds is 4. The summed E-state index contributed by atoms with van der Waals surface area (Å²) >= 11 is 5.85. The van der Waals surface area contributed by atoms with Gasteiger partial charge in [0, 0.05) is 23.4 Å². The van der Waals surface area contributed by atoms with Crippen LogP contribution in [-0.4, -0.2) is 20.2 Å². The summed E-state index contributed by atoms with van der Waals surface area (Å²) in [5, 5.41) is 14.0. The molecule has 1 amide bonds. The van der Waals surface area contributed by atoms with Crippen LogP contribution in [0.5, 0.6) is 0 Å². The van der Waals surface area contributed by atoms with Gasteiger partial charge < -0.3 is 5.32 Å². The zero-order valence-electron chi connectivity index (χ0n) is 15.3. The minimum Gasteiger partial charge on any atom is -0.306 e. The van der Waals surface area contributed by atoms with Gasteiger partial charge in [0.1, 0.15) is 22.2 Å². The number of hydrogen-bond donors (Lipinski definition) is 1. The van der Waals surface area contributed by atoms with Gasteiger partial charge in [0.05, 0.1) is 4.92 Å². The lowest BCUT2D eigenvalue weighted by Gasteiger charge is -2.08. The smallest absolute Gasteiger partial charge is 0.288 e. The summed E-state index contributed by atoms with van der Waals surface area (Å²) in [6, 6.07) is 17.2. The van der Waals surface area contributed by atoms with Gasteiger partial charge in [0.2, 0.25) is 0 Å². The molecule has 0 atom stereocenters. The number of aromatic nitrogens is 2. The number of hydrogen-bond acceptors (Lipinski definition) is 4. The number of nitrogens with zero attached hydrogens (tertiary/aromatic N) is 3. The van der Waals surface area contributed by atoms with Gasteiger partial charge >= 0.3 is 0 Å². The van der Waals surface area contributed by atoms with E-state index in [4.69, 9.17) is 11.6 Å². The number of pyridine rings is 1. The van der Waals surface area contributed by atoms with E-state index in [2.05, 4.69) is 10.3 Å². The lowest BCUT2D eigenvalue weighted by Crippen LogP contribution is -2.14. The van der Waals surface area contributed by atoms with Gasteiger partial charge in [0.25, 0.3) is 11.6 Å². The van der Waals surface area contributed by atoms with E-state index >= 15 is 0 Å². The monoisotopic (exact) mass is 406 g/mol. The van der Waals surface area contributed by atoms with Crippen molar-refractivity contribution in [2.45, 2.75) is 6.92 Å². The Bertz CT molecular complexity index is 1250. The molecule has 0 bridgehead atoms. The van der Waals surface area contributed by atoms with Gasteiger partial charge in [0.15, 0.2) is 0 Å². The van der Waals surface area contributed by atoms with Crippen molar-refractivity contribution in [1.82, 2.24) is 9.38 Å². The Hall–Kier alpha value is -3.71. The van der Waals surface area contributed by atoms with Gasteiger partial charge in [-0.1, -0.05) is 41.9 Å². The van der Waals surface area contributed by atoms with Crippen LogP contribution in [0.15, 0.2) is 66.9 Å². The maximum atomic E-state index is 12.9. The molecular formula is C21H15ClN4O3. The predicted octanol–water partition coefficient (Wildman–Crippen LogP) is 5.12. The van der Waals surface area contributed by atoms with E-state index in [1.165, 1.54) is 12.1 Å². The normalized spacial score (nSPS) is 10.8. The third kappa shape index (κ3) is 3.55. The number of nitro groups is 1. The van der Waals surface area contributed by atoms with Crippen LogP contribution in [0.4, 0.5) is 11.5 Å². The lowest BCUT2D eigenvalue weighted by molar-refractivity contribution is -0.384. The molecule has 0 saturated heterocycles. The topological polar surface area (TPSA) is 89.5 Å². The van der Waals surface area contributed by atoms with E-state index in [0.717, 1.165) is 17.2 Å². The molecule has 0 spiro atoms. The van der Waals surface area contributed by atoms with Gasteiger partial charge in [-0.15, -0.1) is 0 Å². The first kappa shape index (κ1) is 18.6. The van der Waals surface area contributed by atoms with Gasteiger partial charge in [-0.2, -0.15) is 0 Å². The molecule has 144 valence electrons. The second-order valence-corrected chi connectivity index (χ2v) is 6.89. The Morgan fingerprint density at radius 2 is 1.90 bits per heavy atom.